The van der Waals surface area contributed by atoms with Gasteiger partial charge in [0.1, 0.15) is 23.5 Å². The van der Waals surface area contributed by atoms with Crippen molar-refractivity contribution in [2.75, 3.05) is 6.61 Å². The maximum absolute atomic E-state index is 11.9. The van der Waals surface area contributed by atoms with Gasteiger partial charge in [0.05, 0.1) is 5.56 Å². The molecule has 2 atom stereocenters. The fourth-order valence-corrected chi connectivity index (χ4v) is 3.03. The third-order valence-electron chi connectivity index (χ3n) is 5.02. The topological polar surface area (TPSA) is 72.8 Å². The number of hydrogen-bond acceptors (Lipinski definition) is 4. The normalized spacial score (nSPS) is 11.9. The number of hydrogen-bond donors (Lipinski definition) is 1. The largest absolute Gasteiger partial charge is 0.490 e. The molecule has 0 saturated carbocycles. The quantitative estimate of drug-likeness (QED) is 0.157. The van der Waals surface area contributed by atoms with Crippen LogP contribution < -0.4 is 9.47 Å². The molecular formula is C28H29ClO5. The average molecular weight is 481 g/mol. The molecule has 6 heteroatoms. The smallest absolute Gasteiger partial charge is 0.335 e. The Hall–Kier alpha value is -3.57. The van der Waals surface area contributed by atoms with E-state index in [1.54, 1.807) is 30.3 Å². The molecule has 0 aliphatic rings. The summed E-state index contributed by atoms with van der Waals surface area (Å²) in [6, 6.07) is 23.7. The van der Waals surface area contributed by atoms with Gasteiger partial charge in [0.15, 0.2) is 0 Å². The standard InChI is InChI=1S/C18H19ClO2.C10H10O3/c1-3-13(2)17(19)18(20)21-16-11-9-15(10-12-16)14-7-5-4-6-8-14;1-2-7-13-9-5-3-8(4-6-9)10(11)12/h4-13,17H,3H2,1-2H3;2-6H,1,7H2,(H,11,12)/t13-,17-;/m0./s1. The van der Waals surface area contributed by atoms with E-state index in [-0.39, 0.29) is 11.5 Å². The van der Waals surface area contributed by atoms with Crippen LogP contribution in [0.5, 0.6) is 11.5 Å². The SMILES string of the molecule is C=CCOc1ccc(C(=O)O)cc1.CC[C@H](C)[C@H](Cl)C(=O)Oc1ccc(-c2ccccc2)cc1. The Morgan fingerprint density at radius 2 is 1.50 bits per heavy atom. The molecule has 34 heavy (non-hydrogen) atoms. The van der Waals surface area contributed by atoms with E-state index in [0.717, 1.165) is 17.5 Å². The summed E-state index contributed by atoms with van der Waals surface area (Å²) in [5, 5.41) is 7.99. The van der Waals surface area contributed by atoms with Crippen LogP contribution in [-0.2, 0) is 4.79 Å². The van der Waals surface area contributed by atoms with Gasteiger partial charge in [-0.1, -0.05) is 75.4 Å². The van der Waals surface area contributed by atoms with Gasteiger partial charge >= 0.3 is 11.9 Å². The van der Waals surface area contributed by atoms with Gasteiger partial charge < -0.3 is 14.6 Å². The fourth-order valence-electron chi connectivity index (χ4n) is 2.81. The molecule has 0 spiro atoms. The summed E-state index contributed by atoms with van der Waals surface area (Å²) in [6.45, 7) is 7.87. The molecular weight excluding hydrogens is 452 g/mol. The zero-order chi connectivity index (χ0) is 24.9. The van der Waals surface area contributed by atoms with Crippen molar-refractivity contribution in [3.05, 3.63) is 97.1 Å². The highest BCUT2D eigenvalue weighted by molar-refractivity contribution is 6.30. The second-order valence-electron chi connectivity index (χ2n) is 7.53. The van der Waals surface area contributed by atoms with Crippen LogP contribution in [0.1, 0.15) is 30.6 Å². The lowest BCUT2D eigenvalue weighted by atomic mass is 10.0. The van der Waals surface area contributed by atoms with E-state index < -0.39 is 17.3 Å². The second kappa shape index (κ2) is 13.9. The number of ether oxygens (including phenoxy) is 2. The van der Waals surface area contributed by atoms with E-state index in [4.69, 9.17) is 26.2 Å². The average Bonchev–Trinajstić information content (AvgIpc) is 2.88. The molecule has 0 amide bonds. The zero-order valence-corrected chi connectivity index (χ0v) is 20.1. The molecule has 0 saturated heterocycles. The van der Waals surface area contributed by atoms with Crippen LogP contribution >= 0.6 is 11.6 Å². The van der Waals surface area contributed by atoms with Gasteiger partial charge in [-0.25, -0.2) is 4.79 Å². The Bertz CT molecular complexity index is 1050. The van der Waals surface area contributed by atoms with E-state index in [0.29, 0.717) is 18.1 Å². The number of carbonyl (C=O) groups excluding carboxylic acids is 1. The number of esters is 1. The van der Waals surface area contributed by atoms with Crippen LogP contribution in [0, 0.1) is 5.92 Å². The Balaban J connectivity index is 0.000000270. The fraction of sp³-hybridized carbons (Fsp3) is 0.214. The highest BCUT2D eigenvalue weighted by Crippen LogP contribution is 2.23. The zero-order valence-electron chi connectivity index (χ0n) is 19.3. The third-order valence-corrected chi connectivity index (χ3v) is 5.63. The number of aromatic carboxylic acids is 1. The van der Waals surface area contributed by atoms with E-state index in [9.17, 15) is 9.59 Å². The van der Waals surface area contributed by atoms with Crippen molar-refractivity contribution in [2.24, 2.45) is 5.92 Å². The van der Waals surface area contributed by atoms with Crippen molar-refractivity contribution in [3.63, 3.8) is 0 Å². The van der Waals surface area contributed by atoms with Crippen molar-refractivity contribution < 1.29 is 24.2 Å². The van der Waals surface area contributed by atoms with Crippen LogP contribution in [-0.4, -0.2) is 29.0 Å². The van der Waals surface area contributed by atoms with Crippen molar-refractivity contribution in [3.8, 4) is 22.6 Å². The maximum Gasteiger partial charge on any atom is 0.335 e. The number of alkyl halides is 1. The summed E-state index contributed by atoms with van der Waals surface area (Å²) in [5.74, 6) is -0.0601. The van der Waals surface area contributed by atoms with Crippen LogP contribution in [0.4, 0.5) is 0 Å². The first-order valence-electron chi connectivity index (χ1n) is 10.9. The molecule has 1 N–H and O–H groups in total. The number of rotatable bonds is 9. The Labute approximate surface area is 205 Å². The molecule has 0 aliphatic heterocycles. The van der Waals surface area contributed by atoms with Gasteiger partial charge in [-0.15, -0.1) is 11.6 Å². The van der Waals surface area contributed by atoms with E-state index in [1.165, 1.54) is 12.1 Å². The van der Waals surface area contributed by atoms with Gasteiger partial charge in [-0.3, -0.25) is 4.79 Å². The summed E-state index contributed by atoms with van der Waals surface area (Å²) < 4.78 is 10.5. The summed E-state index contributed by atoms with van der Waals surface area (Å²) in [7, 11) is 0. The highest BCUT2D eigenvalue weighted by atomic mass is 35.5. The minimum absolute atomic E-state index is 0.0998. The molecule has 0 radical (unpaired) electrons. The first-order chi connectivity index (χ1) is 16.3. The van der Waals surface area contributed by atoms with Gasteiger partial charge in [0, 0.05) is 0 Å². The summed E-state index contributed by atoms with van der Waals surface area (Å²) >= 11 is 6.08. The molecule has 3 rings (SSSR count). The number of halogens is 1. The lowest BCUT2D eigenvalue weighted by Gasteiger charge is -2.15. The summed E-state index contributed by atoms with van der Waals surface area (Å²) in [5.41, 5.74) is 2.47. The molecule has 0 aromatic heterocycles. The molecule has 0 aliphatic carbocycles. The number of carbonyl (C=O) groups is 2. The van der Waals surface area contributed by atoms with Crippen LogP contribution in [0.3, 0.4) is 0 Å². The molecule has 0 unspecified atom stereocenters. The van der Waals surface area contributed by atoms with Gasteiger partial charge in [-0.05, 0) is 53.4 Å². The molecule has 178 valence electrons. The number of carboxylic acid groups (broad SMARTS) is 1. The van der Waals surface area contributed by atoms with E-state index >= 15 is 0 Å². The van der Waals surface area contributed by atoms with Crippen molar-refractivity contribution >= 4 is 23.5 Å². The van der Waals surface area contributed by atoms with E-state index in [1.807, 2.05) is 56.3 Å². The minimum atomic E-state index is -0.935. The van der Waals surface area contributed by atoms with Crippen molar-refractivity contribution in [2.45, 2.75) is 25.6 Å². The second-order valence-corrected chi connectivity index (χ2v) is 8.00. The van der Waals surface area contributed by atoms with E-state index in [2.05, 4.69) is 6.58 Å². The molecule has 3 aromatic rings. The predicted molar refractivity (Wildman–Crippen MR) is 136 cm³/mol. The monoisotopic (exact) mass is 480 g/mol. The van der Waals surface area contributed by atoms with Gasteiger partial charge in [-0.2, -0.15) is 0 Å². The summed E-state index contributed by atoms with van der Waals surface area (Å²) in [4.78, 5) is 22.4. The molecule has 0 bridgehead atoms. The van der Waals surface area contributed by atoms with Crippen LogP contribution in [0.15, 0.2) is 91.5 Å². The lowest BCUT2D eigenvalue weighted by Crippen LogP contribution is -2.26. The van der Waals surface area contributed by atoms with Crippen LogP contribution in [0.25, 0.3) is 11.1 Å². The lowest BCUT2D eigenvalue weighted by molar-refractivity contribution is -0.134. The van der Waals surface area contributed by atoms with Crippen molar-refractivity contribution in [1.29, 1.82) is 0 Å². The molecule has 5 nitrogen and oxygen atoms in total. The molecule has 0 fully saturated rings. The predicted octanol–water partition coefficient (Wildman–Crippen LogP) is 6.86. The Morgan fingerprint density at radius 1 is 0.941 bits per heavy atom. The minimum Gasteiger partial charge on any atom is -0.490 e. The Kier molecular flexibility index (Phi) is 10.9. The maximum atomic E-state index is 11.9. The van der Waals surface area contributed by atoms with Crippen LogP contribution in [0.2, 0.25) is 0 Å². The number of benzene rings is 3. The first kappa shape index (κ1) is 26.7. The van der Waals surface area contributed by atoms with Gasteiger partial charge in [0.2, 0.25) is 0 Å². The molecule has 3 aromatic carbocycles. The third kappa shape index (κ3) is 8.41. The highest BCUT2D eigenvalue weighted by Gasteiger charge is 2.23. The Morgan fingerprint density at radius 3 is 2.03 bits per heavy atom. The van der Waals surface area contributed by atoms with Crippen molar-refractivity contribution in [1.82, 2.24) is 0 Å². The first-order valence-corrected chi connectivity index (χ1v) is 11.4. The molecule has 0 heterocycles. The summed E-state index contributed by atoms with van der Waals surface area (Å²) in [6.07, 6.45) is 2.47. The number of carboxylic acids is 1. The van der Waals surface area contributed by atoms with Gasteiger partial charge in [0.25, 0.3) is 0 Å².